The van der Waals surface area contributed by atoms with Crippen LogP contribution in [0.15, 0.2) is 15.4 Å². The van der Waals surface area contributed by atoms with Gasteiger partial charge in [-0.2, -0.15) is 0 Å². The van der Waals surface area contributed by atoms with Crippen LogP contribution in [0.4, 0.5) is 0 Å². The molecule has 0 saturated heterocycles. The molecule has 1 aliphatic carbocycles. The Labute approximate surface area is 114 Å². The second-order valence-corrected chi connectivity index (χ2v) is 7.29. The van der Waals surface area contributed by atoms with Crippen molar-refractivity contribution in [3.05, 3.63) is 17.6 Å². The SMILES string of the molecule is Cc1oc(CN)cc1S(=O)(=O)N(C)CC1CCCC1. The Bertz CT molecular complexity index is 530. The maximum absolute atomic E-state index is 12.5. The Morgan fingerprint density at radius 2 is 2.05 bits per heavy atom. The number of hydrogen-bond acceptors (Lipinski definition) is 4. The minimum Gasteiger partial charge on any atom is -0.464 e. The molecule has 0 aromatic carbocycles. The van der Waals surface area contributed by atoms with Gasteiger partial charge in [0, 0.05) is 19.7 Å². The molecule has 0 spiro atoms. The Hall–Kier alpha value is -0.850. The third kappa shape index (κ3) is 3.01. The van der Waals surface area contributed by atoms with E-state index in [0.717, 1.165) is 12.8 Å². The van der Waals surface area contributed by atoms with Gasteiger partial charge in [0.2, 0.25) is 10.0 Å². The second kappa shape index (κ2) is 5.64. The molecule has 1 aromatic heterocycles. The van der Waals surface area contributed by atoms with Gasteiger partial charge in [-0.3, -0.25) is 0 Å². The van der Waals surface area contributed by atoms with Crippen molar-refractivity contribution in [3.8, 4) is 0 Å². The number of nitrogens with two attached hydrogens (primary N) is 1. The average Bonchev–Trinajstić information content (AvgIpc) is 2.98. The van der Waals surface area contributed by atoms with Crippen LogP contribution in [-0.4, -0.2) is 26.3 Å². The van der Waals surface area contributed by atoms with E-state index >= 15 is 0 Å². The lowest BCUT2D eigenvalue weighted by Gasteiger charge is -2.20. The van der Waals surface area contributed by atoms with Crippen LogP contribution >= 0.6 is 0 Å². The normalized spacial score (nSPS) is 17.5. The summed E-state index contributed by atoms with van der Waals surface area (Å²) in [5, 5.41) is 0. The molecule has 0 bridgehead atoms. The van der Waals surface area contributed by atoms with Gasteiger partial charge in [0.15, 0.2) is 0 Å². The van der Waals surface area contributed by atoms with Gasteiger partial charge in [-0.05, 0) is 25.7 Å². The lowest BCUT2D eigenvalue weighted by Crippen LogP contribution is -2.31. The highest BCUT2D eigenvalue weighted by Crippen LogP contribution is 2.28. The Morgan fingerprint density at radius 3 is 2.58 bits per heavy atom. The maximum atomic E-state index is 12.5. The monoisotopic (exact) mass is 286 g/mol. The summed E-state index contributed by atoms with van der Waals surface area (Å²) >= 11 is 0. The minimum atomic E-state index is -3.46. The first-order valence-electron chi connectivity index (χ1n) is 6.71. The molecular weight excluding hydrogens is 264 g/mol. The molecule has 0 radical (unpaired) electrons. The van der Waals surface area contributed by atoms with Gasteiger partial charge in [0.05, 0.1) is 6.54 Å². The summed E-state index contributed by atoms with van der Waals surface area (Å²) < 4.78 is 31.8. The number of aryl methyl sites for hydroxylation is 1. The van der Waals surface area contributed by atoms with Crippen molar-refractivity contribution in [2.24, 2.45) is 11.7 Å². The summed E-state index contributed by atoms with van der Waals surface area (Å²) in [6.07, 6.45) is 4.66. The van der Waals surface area contributed by atoms with Crippen molar-refractivity contribution in [2.45, 2.75) is 44.0 Å². The van der Waals surface area contributed by atoms with Crippen LogP contribution < -0.4 is 5.73 Å². The number of rotatable bonds is 5. The van der Waals surface area contributed by atoms with E-state index < -0.39 is 10.0 Å². The number of nitrogens with zero attached hydrogens (tertiary/aromatic N) is 1. The van der Waals surface area contributed by atoms with Crippen molar-refractivity contribution >= 4 is 10.0 Å². The third-order valence-corrected chi connectivity index (χ3v) is 5.73. The van der Waals surface area contributed by atoms with Gasteiger partial charge < -0.3 is 10.2 Å². The van der Waals surface area contributed by atoms with Crippen LogP contribution in [0.2, 0.25) is 0 Å². The quantitative estimate of drug-likeness (QED) is 0.896. The molecule has 0 aliphatic heterocycles. The number of sulfonamides is 1. The first kappa shape index (κ1) is 14.6. The summed E-state index contributed by atoms with van der Waals surface area (Å²) in [7, 11) is -1.82. The lowest BCUT2D eigenvalue weighted by atomic mass is 10.1. The highest BCUT2D eigenvalue weighted by Gasteiger charge is 2.28. The highest BCUT2D eigenvalue weighted by atomic mass is 32.2. The van der Waals surface area contributed by atoms with Gasteiger partial charge in [0.1, 0.15) is 16.4 Å². The van der Waals surface area contributed by atoms with Gasteiger partial charge in [-0.15, -0.1) is 0 Å². The van der Waals surface area contributed by atoms with Crippen molar-refractivity contribution in [1.82, 2.24) is 4.31 Å². The van der Waals surface area contributed by atoms with Crippen LogP contribution in [0.25, 0.3) is 0 Å². The van der Waals surface area contributed by atoms with Crippen molar-refractivity contribution in [1.29, 1.82) is 0 Å². The van der Waals surface area contributed by atoms with Gasteiger partial charge >= 0.3 is 0 Å². The molecule has 5 nitrogen and oxygen atoms in total. The van der Waals surface area contributed by atoms with Gasteiger partial charge in [-0.1, -0.05) is 12.8 Å². The zero-order valence-electron chi connectivity index (χ0n) is 11.6. The molecule has 1 aromatic rings. The molecule has 1 fully saturated rings. The molecule has 2 rings (SSSR count). The predicted molar refractivity (Wildman–Crippen MR) is 73.1 cm³/mol. The molecule has 1 saturated carbocycles. The predicted octanol–water partition coefficient (Wildman–Crippen LogP) is 1.86. The van der Waals surface area contributed by atoms with E-state index in [0.29, 0.717) is 24.0 Å². The lowest BCUT2D eigenvalue weighted by molar-refractivity contribution is 0.386. The standard InChI is InChI=1S/C13H22N2O3S/c1-10-13(7-12(8-14)18-10)19(16,17)15(2)9-11-5-3-4-6-11/h7,11H,3-6,8-9,14H2,1-2H3. The average molecular weight is 286 g/mol. The summed E-state index contributed by atoms with van der Waals surface area (Å²) in [6, 6.07) is 1.54. The van der Waals surface area contributed by atoms with E-state index in [9.17, 15) is 8.42 Å². The first-order chi connectivity index (χ1) is 8.95. The molecule has 0 amide bonds. The maximum Gasteiger partial charge on any atom is 0.246 e. The minimum absolute atomic E-state index is 0.211. The van der Waals surface area contributed by atoms with E-state index in [1.165, 1.54) is 23.2 Å². The fraction of sp³-hybridized carbons (Fsp3) is 0.692. The second-order valence-electron chi connectivity index (χ2n) is 5.27. The van der Waals surface area contributed by atoms with Crippen LogP contribution in [0.1, 0.15) is 37.2 Å². The topological polar surface area (TPSA) is 76.5 Å². The van der Waals surface area contributed by atoms with Crippen molar-refractivity contribution in [2.75, 3.05) is 13.6 Å². The van der Waals surface area contributed by atoms with Gasteiger partial charge in [-0.25, -0.2) is 12.7 Å². The van der Waals surface area contributed by atoms with Crippen LogP contribution in [0.5, 0.6) is 0 Å². The molecule has 1 heterocycles. The first-order valence-corrected chi connectivity index (χ1v) is 8.15. The number of hydrogen-bond donors (Lipinski definition) is 1. The summed E-state index contributed by atoms with van der Waals surface area (Å²) in [4.78, 5) is 0.244. The highest BCUT2D eigenvalue weighted by molar-refractivity contribution is 7.89. The molecule has 19 heavy (non-hydrogen) atoms. The third-order valence-electron chi connectivity index (χ3n) is 3.80. The van der Waals surface area contributed by atoms with Gasteiger partial charge in [0.25, 0.3) is 0 Å². The zero-order chi connectivity index (χ0) is 14.0. The Morgan fingerprint density at radius 1 is 1.42 bits per heavy atom. The summed E-state index contributed by atoms with van der Waals surface area (Å²) in [5.41, 5.74) is 5.48. The molecule has 2 N–H and O–H groups in total. The molecule has 1 aliphatic rings. The van der Waals surface area contributed by atoms with E-state index in [1.54, 1.807) is 14.0 Å². The molecular formula is C13H22N2O3S. The zero-order valence-corrected chi connectivity index (χ0v) is 12.4. The summed E-state index contributed by atoms with van der Waals surface area (Å²) in [5.74, 6) is 1.41. The molecule has 108 valence electrons. The van der Waals surface area contributed by atoms with Crippen LogP contribution in [0, 0.1) is 12.8 Å². The number of furan rings is 1. The van der Waals surface area contributed by atoms with Crippen molar-refractivity contribution in [3.63, 3.8) is 0 Å². The van der Waals surface area contributed by atoms with E-state index in [-0.39, 0.29) is 11.4 Å². The van der Waals surface area contributed by atoms with E-state index in [2.05, 4.69) is 0 Å². The molecule has 6 heteroatoms. The summed E-state index contributed by atoms with van der Waals surface area (Å²) in [6.45, 7) is 2.46. The Kier molecular flexibility index (Phi) is 4.32. The fourth-order valence-corrected chi connectivity index (χ4v) is 4.13. The Balaban J connectivity index is 2.17. The van der Waals surface area contributed by atoms with E-state index in [1.807, 2.05) is 0 Å². The van der Waals surface area contributed by atoms with Crippen LogP contribution in [-0.2, 0) is 16.6 Å². The fourth-order valence-electron chi connectivity index (χ4n) is 2.70. The molecule has 0 unspecified atom stereocenters. The largest absolute Gasteiger partial charge is 0.464 e. The van der Waals surface area contributed by atoms with Crippen LogP contribution in [0.3, 0.4) is 0 Å². The van der Waals surface area contributed by atoms with E-state index in [4.69, 9.17) is 10.2 Å². The molecule has 0 atom stereocenters. The smallest absolute Gasteiger partial charge is 0.246 e. The van der Waals surface area contributed by atoms with Crippen molar-refractivity contribution < 1.29 is 12.8 Å².